The molecular formula is C19H20Cl2O2. The zero-order valence-electron chi connectivity index (χ0n) is 13.3. The van der Waals surface area contributed by atoms with Gasteiger partial charge in [0.15, 0.2) is 0 Å². The molecule has 0 heterocycles. The average Bonchev–Trinajstić information content (AvgIpc) is 2.55. The molecular weight excluding hydrogens is 331 g/mol. The van der Waals surface area contributed by atoms with Gasteiger partial charge in [-0.25, -0.2) is 0 Å². The van der Waals surface area contributed by atoms with Crippen LogP contribution in [0.15, 0.2) is 48.5 Å². The van der Waals surface area contributed by atoms with Crippen LogP contribution in [0.3, 0.4) is 0 Å². The molecule has 0 bridgehead atoms. The molecule has 122 valence electrons. The van der Waals surface area contributed by atoms with Gasteiger partial charge >= 0.3 is 5.97 Å². The number of hydrogen-bond acceptors (Lipinski definition) is 2. The highest BCUT2D eigenvalue weighted by Crippen LogP contribution is 2.31. The number of hydrogen-bond donors (Lipinski definition) is 0. The molecule has 0 saturated heterocycles. The Balaban J connectivity index is 2.10. The van der Waals surface area contributed by atoms with Crippen molar-refractivity contribution in [3.8, 4) is 11.1 Å². The van der Waals surface area contributed by atoms with Gasteiger partial charge in [0.2, 0.25) is 0 Å². The number of rotatable bonds is 6. The molecule has 0 aliphatic carbocycles. The van der Waals surface area contributed by atoms with Crippen molar-refractivity contribution in [2.45, 2.75) is 31.6 Å². The Labute approximate surface area is 147 Å². The molecule has 2 aromatic carbocycles. The van der Waals surface area contributed by atoms with Crippen molar-refractivity contribution < 1.29 is 9.53 Å². The van der Waals surface area contributed by atoms with Gasteiger partial charge in [-0.1, -0.05) is 61.0 Å². The minimum absolute atomic E-state index is 0.0568. The molecule has 0 amide bonds. The number of halogens is 2. The minimum Gasteiger partial charge on any atom is -0.466 e. The van der Waals surface area contributed by atoms with Gasteiger partial charge in [0.05, 0.1) is 18.4 Å². The smallest absolute Gasteiger partial charge is 0.307 e. The Kier molecular flexibility index (Phi) is 6.49. The maximum atomic E-state index is 11.5. The molecule has 2 unspecified atom stereocenters. The predicted molar refractivity (Wildman–Crippen MR) is 96.2 cm³/mol. The highest BCUT2D eigenvalue weighted by Gasteiger charge is 2.20. The average molecular weight is 351 g/mol. The van der Waals surface area contributed by atoms with Gasteiger partial charge in [-0.05, 0) is 30.0 Å². The second-order valence-electron chi connectivity index (χ2n) is 5.42. The first kappa shape index (κ1) is 17.8. The number of ether oxygens (including phenoxy) is 1. The normalized spacial score (nSPS) is 13.4. The van der Waals surface area contributed by atoms with Gasteiger partial charge < -0.3 is 4.74 Å². The Bertz CT molecular complexity index is 653. The van der Waals surface area contributed by atoms with Gasteiger partial charge in [0.25, 0.3) is 0 Å². The lowest BCUT2D eigenvalue weighted by Gasteiger charge is -2.18. The fraction of sp³-hybridized carbons (Fsp3) is 0.316. The second-order valence-corrected chi connectivity index (χ2v) is 6.38. The quantitative estimate of drug-likeness (QED) is 0.495. The van der Waals surface area contributed by atoms with E-state index in [1.54, 1.807) is 6.92 Å². The van der Waals surface area contributed by atoms with E-state index in [4.69, 9.17) is 27.9 Å². The first-order valence-corrected chi connectivity index (χ1v) is 8.49. The van der Waals surface area contributed by atoms with Crippen molar-refractivity contribution in [3.63, 3.8) is 0 Å². The molecule has 23 heavy (non-hydrogen) atoms. The van der Waals surface area contributed by atoms with E-state index < -0.39 is 0 Å². The summed E-state index contributed by atoms with van der Waals surface area (Å²) in [6, 6.07) is 15.9. The summed E-state index contributed by atoms with van der Waals surface area (Å²) in [5, 5.41) is 0.436. The molecule has 2 rings (SSSR count). The lowest BCUT2D eigenvalue weighted by Crippen LogP contribution is -2.16. The first-order valence-electron chi connectivity index (χ1n) is 7.67. The van der Waals surface area contributed by atoms with Crippen LogP contribution in [0.2, 0.25) is 5.02 Å². The Morgan fingerprint density at radius 1 is 1.13 bits per heavy atom. The van der Waals surface area contributed by atoms with Crippen molar-refractivity contribution in [1.29, 1.82) is 0 Å². The van der Waals surface area contributed by atoms with Gasteiger partial charge in [-0.3, -0.25) is 4.79 Å². The fourth-order valence-corrected chi connectivity index (χ4v) is 2.94. The standard InChI is InChI=1S/C19H20Cl2O2/c1-3-23-19(22)12-18(21)13(2)14-8-10-15(11-9-14)16-6-4-5-7-17(16)20/h4-11,13,18H,3,12H2,1-2H3. The van der Waals surface area contributed by atoms with Crippen LogP contribution in [-0.4, -0.2) is 18.0 Å². The number of esters is 1. The van der Waals surface area contributed by atoms with Gasteiger partial charge in [-0.15, -0.1) is 11.6 Å². The monoisotopic (exact) mass is 350 g/mol. The van der Waals surface area contributed by atoms with E-state index in [0.717, 1.165) is 21.7 Å². The summed E-state index contributed by atoms with van der Waals surface area (Å²) in [5.74, 6) is -0.201. The number of benzene rings is 2. The van der Waals surface area contributed by atoms with E-state index in [1.807, 2.05) is 55.5 Å². The van der Waals surface area contributed by atoms with Crippen LogP contribution >= 0.6 is 23.2 Å². The number of carbonyl (C=O) groups is 1. The van der Waals surface area contributed by atoms with Crippen molar-refractivity contribution in [1.82, 2.24) is 0 Å². The van der Waals surface area contributed by atoms with Gasteiger partial charge in [-0.2, -0.15) is 0 Å². The van der Waals surface area contributed by atoms with E-state index in [-0.39, 0.29) is 23.7 Å². The topological polar surface area (TPSA) is 26.3 Å². The highest BCUT2D eigenvalue weighted by atomic mass is 35.5. The van der Waals surface area contributed by atoms with Gasteiger partial charge in [0.1, 0.15) is 0 Å². The molecule has 0 fully saturated rings. The molecule has 2 nitrogen and oxygen atoms in total. The van der Waals surface area contributed by atoms with E-state index in [9.17, 15) is 4.79 Å². The largest absolute Gasteiger partial charge is 0.466 e. The van der Waals surface area contributed by atoms with Crippen LogP contribution in [-0.2, 0) is 9.53 Å². The SMILES string of the molecule is CCOC(=O)CC(Cl)C(C)c1ccc(-c2ccccc2Cl)cc1. The molecule has 0 radical (unpaired) electrons. The van der Waals surface area contributed by atoms with E-state index in [2.05, 4.69) is 0 Å². The third kappa shape index (κ3) is 4.73. The third-order valence-electron chi connectivity index (χ3n) is 3.83. The first-order chi connectivity index (χ1) is 11.0. The molecule has 0 aromatic heterocycles. The predicted octanol–water partition coefficient (Wildman–Crippen LogP) is 5.67. The molecule has 0 saturated carbocycles. The summed E-state index contributed by atoms with van der Waals surface area (Å²) in [6.07, 6.45) is 0.211. The summed E-state index contributed by atoms with van der Waals surface area (Å²) in [5.41, 5.74) is 3.15. The molecule has 0 aliphatic rings. The Morgan fingerprint density at radius 3 is 2.39 bits per heavy atom. The summed E-state index contributed by atoms with van der Waals surface area (Å²) >= 11 is 12.6. The highest BCUT2D eigenvalue weighted by molar-refractivity contribution is 6.33. The lowest BCUT2D eigenvalue weighted by atomic mass is 9.93. The van der Waals surface area contributed by atoms with Crippen molar-refractivity contribution in [2.24, 2.45) is 0 Å². The molecule has 2 aromatic rings. The maximum Gasteiger partial charge on any atom is 0.307 e. The zero-order valence-corrected chi connectivity index (χ0v) is 14.8. The van der Waals surface area contributed by atoms with Crippen LogP contribution in [0.5, 0.6) is 0 Å². The van der Waals surface area contributed by atoms with Crippen LogP contribution in [0.4, 0.5) is 0 Å². The summed E-state index contributed by atoms with van der Waals surface area (Å²) in [6.45, 7) is 4.18. The van der Waals surface area contributed by atoms with Gasteiger partial charge in [0, 0.05) is 10.6 Å². The molecule has 4 heteroatoms. The summed E-state index contributed by atoms with van der Waals surface area (Å²) in [4.78, 5) is 11.5. The molecule has 0 aliphatic heterocycles. The molecule has 2 atom stereocenters. The van der Waals surface area contributed by atoms with Crippen LogP contribution < -0.4 is 0 Å². The van der Waals surface area contributed by atoms with Crippen LogP contribution in [0.25, 0.3) is 11.1 Å². The number of carbonyl (C=O) groups excluding carboxylic acids is 1. The van der Waals surface area contributed by atoms with Crippen LogP contribution in [0, 0.1) is 0 Å². The Morgan fingerprint density at radius 2 is 1.78 bits per heavy atom. The zero-order chi connectivity index (χ0) is 16.8. The molecule has 0 spiro atoms. The molecule has 0 N–H and O–H groups in total. The lowest BCUT2D eigenvalue weighted by molar-refractivity contribution is -0.143. The second kappa shape index (κ2) is 8.37. The van der Waals surface area contributed by atoms with E-state index in [0.29, 0.717) is 6.61 Å². The van der Waals surface area contributed by atoms with E-state index >= 15 is 0 Å². The maximum absolute atomic E-state index is 11.5. The van der Waals surface area contributed by atoms with Crippen molar-refractivity contribution in [3.05, 3.63) is 59.1 Å². The van der Waals surface area contributed by atoms with Crippen LogP contribution in [0.1, 0.15) is 31.7 Å². The minimum atomic E-state index is -0.291. The van der Waals surface area contributed by atoms with E-state index in [1.165, 1.54) is 0 Å². The number of alkyl halides is 1. The Hall–Kier alpha value is -1.51. The summed E-state index contributed by atoms with van der Waals surface area (Å²) < 4.78 is 4.95. The van der Waals surface area contributed by atoms with Crippen molar-refractivity contribution >= 4 is 29.2 Å². The third-order valence-corrected chi connectivity index (χ3v) is 4.69. The fourth-order valence-electron chi connectivity index (χ4n) is 2.43. The summed E-state index contributed by atoms with van der Waals surface area (Å²) in [7, 11) is 0. The van der Waals surface area contributed by atoms with Crippen molar-refractivity contribution in [2.75, 3.05) is 6.61 Å².